The van der Waals surface area contributed by atoms with E-state index in [1.807, 2.05) is 163 Å². The van der Waals surface area contributed by atoms with Gasteiger partial charge >= 0.3 is 0 Å². The van der Waals surface area contributed by atoms with Gasteiger partial charge in [-0.05, 0) is 216 Å². The second-order valence-electron chi connectivity index (χ2n) is 29.1. The Morgan fingerprint density at radius 1 is 0.371 bits per heavy atom. The summed E-state index contributed by atoms with van der Waals surface area (Å²) in [6, 6.07) is 48.5. The molecule has 0 N–H and O–H groups in total. The van der Waals surface area contributed by atoms with Crippen molar-refractivity contribution in [1.29, 1.82) is 0 Å². The Morgan fingerprint density at radius 3 is 1.22 bits per heavy atom. The van der Waals surface area contributed by atoms with Crippen LogP contribution in [0.15, 0.2) is 164 Å². The minimum absolute atomic E-state index is 0.0804. The van der Waals surface area contributed by atoms with E-state index < -0.39 is 0 Å². The number of halogens is 6. The van der Waals surface area contributed by atoms with E-state index in [-0.39, 0.29) is 36.0 Å². The minimum Gasteiger partial charge on any atom is -0.380 e. The predicted octanol–water partition coefficient (Wildman–Crippen LogP) is 17.2. The number of methoxy groups -OCH3 is 3. The van der Waals surface area contributed by atoms with Crippen molar-refractivity contribution in [2.45, 2.75) is 113 Å². The Hall–Kier alpha value is -6.54. The summed E-state index contributed by atoms with van der Waals surface area (Å²) < 4.78 is 17.8. The molecule has 105 heavy (non-hydrogen) atoms. The molecule has 9 aromatic rings. The molecule has 6 atom stereocenters. The highest BCUT2D eigenvalue weighted by atomic mass is 35.5. The number of para-hydroxylation sites is 2. The molecule has 0 radical (unpaired) electrons. The van der Waals surface area contributed by atoms with Gasteiger partial charge in [-0.2, -0.15) is 0 Å². The third-order valence-electron chi connectivity index (χ3n) is 22.9. The zero-order valence-electron chi connectivity index (χ0n) is 60.0. The highest BCUT2D eigenvalue weighted by Crippen LogP contribution is 2.36. The molecule has 15 rings (SSSR count). The fourth-order valence-corrected chi connectivity index (χ4v) is 17.8. The van der Waals surface area contributed by atoms with Crippen molar-refractivity contribution >= 4 is 120 Å². The lowest BCUT2D eigenvalue weighted by atomic mass is 9.86. The van der Waals surface area contributed by atoms with Crippen molar-refractivity contribution in [2.24, 2.45) is 17.8 Å². The summed E-state index contributed by atoms with van der Waals surface area (Å²) in [6.07, 6.45) is 17.8. The summed E-state index contributed by atoms with van der Waals surface area (Å²) in [5.41, 5.74) is 8.34. The van der Waals surface area contributed by atoms with Gasteiger partial charge in [0.05, 0.1) is 76.1 Å². The second-order valence-corrected chi connectivity index (χ2v) is 31.5. The highest BCUT2D eigenvalue weighted by Gasteiger charge is 2.39. The number of rotatable bonds is 15. The van der Waals surface area contributed by atoms with Crippen molar-refractivity contribution in [3.8, 4) is 0 Å². The quantitative estimate of drug-likeness (QED) is 0.0966. The molecule has 0 saturated carbocycles. The molecule has 6 aliphatic heterocycles. The molecule has 6 aromatic carbocycles. The van der Waals surface area contributed by atoms with Gasteiger partial charge in [-0.25, -0.2) is 0 Å². The van der Waals surface area contributed by atoms with E-state index in [1.54, 1.807) is 18.6 Å². The van der Waals surface area contributed by atoms with Crippen molar-refractivity contribution in [3.63, 3.8) is 0 Å². The van der Waals surface area contributed by atoms with Crippen LogP contribution in [-0.2, 0) is 33.5 Å². The third kappa shape index (κ3) is 19.0. The number of benzene rings is 6. The molecule has 552 valence electrons. The lowest BCUT2D eigenvalue weighted by Gasteiger charge is -2.44. The molecule has 21 heteroatoms. The van der Waals surface area contributed by atoms with Crippen LogP contribution in [0.2, 0.25) is 30.1 Å². The SMILES string of the molecule is CO[C@@H]1CN(C2CCN(C(=O)c3ccc4ncccc4c3)CC2)CCC1Cc1ccc(Cl)c(Cl)c1.CO[C@@H]1CN(C2CCN(C(=O)c3cccc4cccnc34)CC2)CCC1Cc1ccc(Cl)c(Cl)c1.CO[C@@H]1CN(C2CCN(C(=O)c3cnc4ccccc4c3)CC2)CCC1Cc1ccc(Cl)c(Cl)c1. The first-order valence-electron chi connectivity index (χ1n) is 37.1. The number of ether oxygens (including phenoxy) is 3. The zero-order chi connectivity index (χ0) is 73.1. The normalized spacial score (nSPS) is 22.0. The summed E-state index contributed by atoms with van der Waals surface area (Å²) in [5.74, 6) is 1.64. The number of piperidine rings is 6. The van der Waals surface area contributed by atoms with Crippen molar-refractivity contribution in [1.82, 2.24) is 44.4 Å². The fraction of sp³-hybridized carbons (Fsp3) is 0.429. The first-order chi connectivity index (χ1) is 51.1. The predicted molar refractivity (Wildman–Crippen MR) is 424 cm³/mol. The van der Waals surface area contributed by atoms with E-state index in [0.717, 1.165) is 194 Å². The smallest absolute Gasteiger partial charge is 0.256 e. The molecule has 6 saturated heterocycles. The summed E-state index contributed by atoms with van der Waals surface area (Å²) >= 11 is 36.9. The first kappa shape index (κ1) is 76.6. The number of pyridine rings is 3. The van der Waals surface area contributed by atoms with Gasteiger partial charge < -0.3 is 28.9 Å². The molecule has 0 aliphatic carbocycles. The molecule has 0 bridgehead atoms. The van der Waals surface area contributed by atoms with Crippen LogP contribution in [0.3, 0.4) is 0 Å². The molecule has 3 amide bonds. The summed E-state index contributed by atoms with van der Waals surface area (Å²) in [4.78, 5) is 66.5. The molecule has 6 fully saturated rings. The largest absolute Gasteiger partial charge is 0.380 e. The lowest BCUT2D eigenvalue weighted by Crippen LogP contribution is -2.53. The van der Waals surface area contributed by atoms with Crippen molar-refractivity contribution in [3.05, 3.63) is 228 Å². The average Bonchev–Trinajstić information content (AvgIpc) is 0.786. The molecule has 0 spiro atoms. The van der Waals surface area contributed by atoms with Gasteiger partial charge in [0, 0.05) is 139 Å². The first-order valence-corrected chi connectivity index (χ1v) is 39.4. The van der Waals surface area contributed by atoms with Crippen molar-refractivity contribution in [2.75, 3.05) is 99.9 Å². The molecule has 6 aliphatic rings. The maximum Gasteiger partial charge on any atom is 0.256 e. The fourth-order valence-electron chi connectivity index (χ4n) is 16.9. The summed E-state index contributed by atoms with van der Waals surface area (Å²) in [5, 5.41) is 6.61. The average molecular weight is 1540 g/mol. The number of nitrogens with zero attached hydrogens (tertiary/aromatic N) is 9. The van der Waals surface area contributed by atoms with Crippen LogP contribution < -0.4 is 0 Å². The van der Waals surface area contributed by atoms with E-state index in [4.69, 9.17) is 83.8 Å². The Balaban J connectivity index is 0.000000140. The number of aromatic nitrogens is 3. The van der Waals surface area contributed by atoms with Crippen LogP contribution in [-0.4, -0.2) is 198 Å². The Bertz CT molecular complexity index is 4270. The maximum atomic E-state index is 13.3. The Morgan fingerprint density at radius 2 is 0.762 bits per heavy atom. The number of likely N-dealkylation sites (tertiary alicyclic amines) is 6. The van der Waals surface area contributed by atoms with Crippen LogP contribution >= 0.6 is 69.6 Å². The van der Waals surface area contributed by atoms with Crippen molar-refractivity contribution < 1.29 is 28.6 Å². The standard InChI is InChI=1S/3C28H31Cl2N3O2/c1-35-26-18-33(13-9-21(26)16-19-7-8-24(29)25(30)17-19)22-10-14-32(15-11-22)28(34)23-6-2-4-20-5-3-12-31-27(20)23;1-35-27-18-33(12-8-21(27)15-19-4-6-24(29)25(30)16-19)23-9-13-32(14-10-23)28(34)22-5-7-26-20(17-22)3-2-11-31-26;1-35-27-18-33(11-8-21(27)14-19-6-7-24(29)25(30)15-19)23-9-12-32(13-10-23)28(34)22-16-20-4-2-3-5-26(20)31-17-22/h2-8,12,17,21-22,26H,9-11,13-16,18H2,1H3;2-7,11,16-17,21,23,27H,8-10,12-15,18H2,1H3;2-7,15-17,21,23,27H,8-14,18H2,1H3/t21?,26-;2*21?,27-/m111/s1. The topological polar surface area (TPSA) is 137 Å². The summed E-state index contributed by atoms with van der Waals surface area (Å²) in [6.45, 7) is 10.6. The van der Waals surface area contributed by atoms with E-state index in [2.05, 4.69) is 47.9 Å². The molecule has 3 unspecified atom stereocenters. The number of amides is 3. The van der Waals surface area contributed by atoms with Gasteiger partial charge in [-0.1, -0.05) is 130 Å². The Labute approximate surface area is 647 Å². The minimum atomic E-state index is 0.0804. The molecule has 9 heterocycles. The van der Waals surface area contributed by atoms with Crippen LogP contribution in [0, 0.1) is 17.8 Å². The van der Waals surface area contributed by atoms with Gasteiger partial charge in [-0.15, -0.1) is 0 Å². The zero-order valence-corrected chi connectivity index (χ0v) is 64.5. The maximum absolute atomic E-state index is 13.3. The Kier molecular flexibility index (Phi) is 26.4. The monoisotopic (exact) mass is 1530 g/mol. The number of hydrogen-bond acceptors (Lipinski definition) is 12. The van der Waals surface area contributed by atoms with Gasteiger partial charge in [-0.3, -0.25) is 44.0 Å². The number of carbonyl (C=O) groups is 3. The van der Waals surface area contributed by atoms with Crippen LogP contribution in [0.25, 0.3) is 32.7 Å². The molecule has 3 aromatic heterocycles. The van der Waals surface area contributed by atoms with E-state index in [0.29, 0.717) is 77.1 Å². The van der Waals surface area contributed by atoms with E-state index in [9.17, 15) is 14.4 Å². The lowest BCUT2D eigenvalue weighted by molar-refractivity contribution is -0.0325. The van der Waals surface area contributed by atoms with Crippen LogP contribution in [0.5, 0.6) is 0 Å². The molecular weight excluding hydrogens is 1440 g/mol. The molecular formula is C84H93Cl6N9O6. The van der Waals surface area contributed by atoms with E-state index in [1.165, 1.54) is 16.7 Å². The van der Waals surface area contributed by atoms with Gasteiger partial charge in [0.25, 0.3) is 17.7 Å². The summed E-state index contributed by atoms with van der Waals surface area (Å²) in [7, 11) is 5.45. The number of carbonyl (C=O) groups excluding carboxylic acids is 3. The highest BCUT2D eigenvalue weighted by molar-refractivity contribution is 6.43. The number of hydrogen-bond donors (Lipinski definition) is 0. The van der Waals surface area contributed by atoms with Crippen LogP contribution in [0.1, 0.15) is 106 Å². The van der Waals surface area contributed by atoms with Gasteiger partial charge in [0.1, 0.15) is 0 Å². The van der Waals surface area contributed by atoms with Gasteiger partial charge in [0.15, 0.2) is 0 Å². The second kappa shape index (κ2) is 36.1. The third-order valence-corrected chi connectivity index (χ3v) is 25.1. The van der Waals surface area contributed by atoms with E-state index >= 15 is 0 Å². The van der Waals surface area contributed by atoms with Crippen LogP contribution in [0.4, 0.5) is 0 Å². The number of fused-ring (bicyclic) bond motifs is 3. The molecule has 15 nitrogen and oxygen atoms in total. The van der Waals surface area contributed by atoms with Gasteiger partial charge in [0.2, 0.25) is 0 Å².